The molecule has 1 unspecified atom stereocenters. The van der Waals surface area contributed by atoms with Gasteiger partial charge in [0.25, 0.3) is 0 Å². The highest BCUT2D eigenvalue weighted by Crippen LogP contribution is 2.22. The van der Waals surface area contributed by atoms with E-state index in [9.17, 15) is 14.4 Å². The van der Waals surface area contributed by atoms with Crippen molar-refractivity contribution in [2.75, 3.05) is 13.2 Å². The van der Waals surface area contributed by atoms with E-state index in [1.165, 1.54) is 11.3 Å². The lowest BCUT2D eigenvalue weighted by Crippen LogP contribution is -2.43. The molecule has 8 heteroatoms. The van der Waals surface area contributed by atoms with Crippen molar-refractivity contribution >= 4 is 29.1 Å². The molecule has 1 N–H and O–H groups in total. The first kappa shape index (κ1) is 15.6. The molecule has 0 radical (unpaired) electrons. The molecule has 2 rings (SSSR count). The fourth-order valence-corrected chi connectivity index (χ4v) is 2.54. The number of hydrogen-bond acceptors (Lipinski definition) is 7. The van der Waals surface area contributed by atoms with Crippen molar-refractivity contribution in [1.82, 2.24) is 4.90 Å². The molecule has 1 aliphatic heterocycles. The number of imide groups is 1. The molecule has 0 aromatic carbocycles. The van der Waals surface area contributed by atoms with Gasteiger partial charge >= 0.3 is 5.97 Å². The first-order chi connectivity index (χ1) is 10.1. The molecule has 1 fully saturated rings. The van der Waals surface area contributed by atoms with E-state index in [4.69, 9.17) is 14.6 Å². The van der Waals surface area contributed by atoms with Crippen molar-refractivity contribution in [1.29, 1.82) is 0 Å². The predicted octanol–water partition coefficient (Wildman–Crippen LogP) is 0.528. The Hall–Kier alpha value is -1.77. The zero-order chi connectivity index (χ0) is 15.2. The van der Waals surface area contributed by atoms with Gasteiger partial charge in [-0.25, -0.2) is 0 Å². The summed E-state index contributed by atoms with van der Waals surface area (Å²) in [6.45, 7) is -0.347. The lowest BCUT2D eigenvalue weighted by Gasteiger charge is -2.25. The van der Waals surface area contributed by atoms with Gasteiger partial charge in [-0.1, -0.05) is 0 Å². The molecule has 1 saturated heterocycles. The van der Waals surface area contributed by atoms with Gasteiger partial charge < -0.3 is 14.6 Å². The Morgan fingerprint density at radius 1 is 1.38 bits per heavy atom. The number of amides is 2. The Morgan fingerprint density at radius 3 is 2.67 bits per heavy atom. The Morgan fingerprint density at radius 2 is 2.10 bits per heavy atom. The summed E-state index contributed by atoms with van der Waals surface area (Å²) >= 11 is 1.26. The largest absolute Gasteiger partial charge is 0.415 e. The minimum Gasteiger partial charge on any atom is -0.415 e. The van der Waals surface area contributed by atoms with E-state index >= 15 is 0 Å². The van der Waals surface area contributed by atoms with Crippen LogP contribution in [0.25, 0.3) is 0 Å². The summed E-state index contributed by atoms with van der Waals surface area (Å²) < 4.78 is 10.3. The van der Waals surface area contributed by atoms with Gasteiger partial charge in [0.15, 0.2) is 5.06 Å². The molecule has 2 heterocycles. The summed E-state index contributed by atoms with van der Waals surface area (Å²) in [6, 6.07) is 3.37. The van der Waals surface area contributed by atoms with Gasteiger partial charge in [0.2, 0.25) is 11.8 Å². The van der Waals surface area contributed by atoms with Crippen molar-refractivity contribution in [2.45, 2.75) is 25.5 Å². The Kier molecular flexibility index (Phi) is 5.43. The molecule has 21 heavy (non-hydrogen) atoms. The molecule has 114 valence electrons. The summed E-state index contributed by atoms with van der Waals surface area (Å²) in [5.41, 5.74) is 0. The summed E-state index contributed by atoms with van der Waals surface area (Å²) in [5.74, 6) is -1.37. The maximum absolute atomic E-state index is 11.8. The van der Waals surface area contributed by atoms with Crippen LogP contribution in [-0.2, 0) is 19.1 Å². The van der Waals surface area contributed by atoms with E-state index < -0.39 is 12.2 Å². The number of hydrogen-bond donors (Lipinski definition) is 1. The van der Waals surface area contributed by atoms with Crippen LogP contribution in [0, 0.1) is 0 Å². The van der Waals surface area contributed by atoms with Gasteiger partial charge in [-0.2, -0.15) is 0 Å². The van der Waals surface area contributed by atoms with Gasteiger partial charge in [0, 0.05) is 12.8 Å². The number of likely N-dealkylation sites (tertiary alicyclic amines) is 1. The lowest BCUT2D eigenvalue weighted by molar-refractivity contribution is -0.159. The van der Waals surface area contributed by atoms with Crippen LogP contribution in [0.3, 0.4) is 0 Å². The molecule has 0 spiro atoms. The third-order valence-corrected chi connectivity index (χ3v) is 3.58. The van der Waals surface area contributed by atoms with E-state index in [1.54, 1.807) is 17.5 Å². The molecular weight excluding hydrogens is 298 g/mol. The number of ether oxygens (including phenoxy) is 2. The molecule has 1 aliphatic rings. The van der Waals surface area contributed by atoms with E-state index in [0.29, 0.717) is 5.06 Å². The quantitative estimate of drug-likeness (QED) is 0.583. The summed E-state index contributed by atoms with van der Waals surface area (Å²) in [7, 11) is 0. The minimum atomic E-state index is -1.04. The van der Waals surface area contributed by atoms with Crippen molar-refractivity contribution in [3.63, 3.8) is 0 Å². The van der Waals surface area contributed by atoms with Crippen LogP contribution in [0.2, 0.25) is 0 Å². The van der Waals surface area contributed by atoms with Crippen LogP contribution in [0.4, 0.5) is 0 Å². The molecule has 1 atom stereocenters. The van der Waals surface area contributed by atoms with Gasteiger partial charge in [0.1, 0.15) is 6.23 Å². The highest BCUT2D eigenvalue weighted by atomic mass is 32.1. The number of rotatable bonds is 7. The Labute approximate surface area is 125 Å². The summed E-state index contributed by atoms with van der Waals surface area (Å²) in [5, 5.41) is 11.0. The highest BCUT2D eigenvalue weighted by Gasteiger charge is 2.37. The third-order valence-electron chi connectivity index (χ3n) is 2.83. The van der Waals surface area contributed by atoms with Crippen LogP contribution in [-0.4, -0.2) is 47.2 Å². The smallest absolute Gasteiger partial charge is 0.316 e. The molecule has 2 amide bonds. The zero-order valence-corrected chi connectivity index (χ0v) is 12.0. The van der Waals surface area contributed by atoms with Gasteiger partial charge in [-0.15, -0.1) is 11.3 Å². The van der Waals surface area contributed by atoms with Crippen molar-refractivity contribution in [3.05, 3.63) is 17.5 Å². The second kappa shape index (κ2) is 7.30. The van der Waals surface area contributed by atoms with Crippen LogP contribution in [0.15, 0.2) is 17.5 Å². The second-order valence-electron chi connectivity index (χ2n) is 4.32. The van der Waals surface area contributed by atoms with Gasteiger partial charge in [0.05, 0.1) is 19.6 Å². The number of carbonyl (C=O) groups excluding carboxylic acids is 3. The molecule has 0 aliphatic carbocycles. The number of nitrogens with zero attached hydrogens (tertiary/aromatic N) is 1. The van der Waals surface area contributed by atoms with Crippen LogP contribution in [0.5, 0.6) is 5.06 Å². The highest BCUT2D eigenvalue weighted by molar-refractivity contribution is 7.11. The van der Waals surface area contributed by atoms with Gasteiger partial charge in [-0.05, 0) is 17.5 Å². The van der Waals surface area contributed by atoms with Crippen molar-refractivity contribution in [2.24, 2.45) is 0 Å². The number of carbonyl (C=O) groups is 3. The summed E-state index contributed by atoms with van der Waals surface area (Å²) in [4.78, 5) is 36.2. The Bertz CT molecular complexity index is 499. The van der Waals surface area contributed by atoms with Crippen LogP contribution in [0.1, 0.15) is 19.3 Å². The monoisotopic (exact) mass is 313 g/mol. The average Bonchev–Trinajstić information content (AvgIpc) is 3.05. The van der Waals surface area contributed by atoms with Crippen LogP contribution >= 0.6 is 11.3 Å². The minimum absolute atomic E-state index is 0.0754. The van der Waals surface area contributed by atoms with E-state index in [2.05, 4.69) is 0 Å². The molecular formula is C13H15NO6S. The maximum Gasteiger partial charge on any atom is 0.316 e. The average molecular weight is 313 g/mol. The number of thiophene rings is 1. The molecule has 1 aromatic heterocycles. The standard InChI is InChI=1S/C13H15NO6S/c15-5-6-19-11(14-9(16)3-4-10(14)17)8-12(18)20-13-2-1-7-21-13/h1-2,7,11,15H,3-6,8H2. The molecule has 7 nitrogen and oxygen atoms in total. The van der Waals surface area contributed by atoms with E-state index in [0.717, 1.165) is 4.90 Å². The van der Waals surface area contributed by atoms with Crippen molar-refractivity contribution in [3.8, 4) is 5.06 Å². The maximum atomic E-state index is 11.8. The normalized spacial score (nSPS) is 16.3. The van der Waals surface area contributed by atoms with E-state index in [-0.39, 0.29) is 44.3 Å². The fourth-order valence-electron chi connectivity index (χ4n) is 1.95. The Balaban J connectivity index is 2.00. The third kappa shape index (κ3) is 4.10. The van der Waals surface area contributed by atoms with Crippen molar-refractivity contribution < 1.29 is 29.0 Å². The van der Waals surface area contributed by atoms with Crippen LogP contribution < -0.4 is 4.74 Å². The number of aliphatic hydroxyl groups excluding tert-OH is 1. The fraction of sp³-hybridized carbons (Fsp3) is 0.462. The zero-order valence-electron chi connectivity index (χ0n) is 11.2. The molecule has 0 bridgehead atoms. The SMILES string of the molecule is O=C(CC(OCCO)N1C(=O)CCC1=O)Oc1cccs1. The predicted molar refractivity (Wildman–Crippen MR) is 72.5 cm³/mol. The van der Waals surface area contributed by atoms with E-state index in [1.807, 2.05) is 0 Å². The molecule has 1 aromatic rings. The first-order valence-corrected chi connectivity index (χ1v) is 7.31. The topological polar surface area (TPSA) is 93.1 Å². The number of esters is 1. The second-order valence-corrected chi connectivity index (χ2v) is 5.23. The first-order valence-electron chi connectivity index (χ1n) is 6.43. The lowest BCUT2D eigenvalue weighted by atomic mass is 10.3. The number of aliphatic hydroxyl groups is 1. The molecule has 0 saturated carbocycles. The van der Waals surface area contributed by atoms with Gasteiger partial charge in [-0.3, -0.25) is 19.3 Å². The summed E-state index contributed by atoms with van der Waals surface area (Å²) in [6.07, 6.45) is -1.09.